The standard InChI is InChI=1S/C19H25N/c1-15(2)20-14-19(18-10-5-4-6-11-18)13-17-9-7-8-16(3)12-17/h4-12,15,19-20H,13-14H2,1-3H3. The van der Waals surface area contributed by atoms with Gasteiger partial charge in [0.1, 0.15) is 0 Å². The van der Waals surface area contributed by atoms with E-state index in [9.17, 15) is 0 Å². The van der Waals surface area contributed by atoms with Crippen molar-refractivity contribution < 1.29 is 0 Å². The maximum absolute atomic E-state index is 3.58. The summed E-state index contributed by atoms with van der Waals surface area (Å²) >= 11 is 0. The smallest absolute Gasteiger partial charge is 0.00257 e. The van der Waals surface area contributed by atoms with Gasteiger partial charge in [0, 0.05) is 18.5 Å². The van der Waals surface area contributed by atoms with Crippen LogP contribution in [0.25, 0.3) is 0 Å². The molecule has 1 atom stereocenters. The van der Waals surface area contributed by atoms with Gasteiger partial charge >= 0.3 is 0 Å². The quantitative estimate of drug-likeness (QED) is 0.822. The summed E-state index contributed by atoms with van der Waals surface area (Å²) in [6.07, 6.45) is 1.09. The number of nitrogens with one attached hydrogen (secondary N) is 1. The lowest BCUT2D eigenvalue weighted by atomic mass is 9.91. The molecule has 0 bridgehead atoms. The van der Waals surface area contributed by atoms with Crippen LogP contribution in [0.3, 0.4) is 0 Å². The summed E-state index contributed by atoms with van der Waals surface area (Å²) in [6, 6.07) is 20.2. The lowest BCUT2D eigenvalue weighted by Gasteiger charge is -2.20. The maximum atomic E-state index is 3.58. The van der Waals surface area contributed by atoms with Crippen LogP contribution < -0.4 is 5.32 Å². The molecule has 0 aliphatic rings. The summed E-state index contributed by atoms with van der Waals surface area (Å²) in [5, 5.41) is 3.58. The maximum Gasteiger partial charge on any atom is 0.00257 e. The van der Waals surface area contributed by atoms with Crippen molar-refractivity contribution in [3.05, 3.63) is 71.3 Å². The molecule has 2 aromatic carbocycles. The van der Waals surface area contributed by atoms with Gasteiger partial charge in [-0.2, -0.15) is 0 Å². The predicted octanol–water partition coefficient (Wildman–Crippen LogP) is 4.32. The molecule has 0 fully saturated rings. The largest absolute Gasteiger partial charge is 0.314 e. The van der Waals surface area contributed by atoms with Crippen LogP contribution in [0.15, 0.2) is 54.6 Å². The van der Waals surface area contributed by atoms with Crippen molar-refractivity contribution in [1.82, 2.24) is 5.32 Å². The van der Waals surface area contributed by atoms with Crippen molar-refractivity contribution in [1.29, 1.82) is 0 Å². The lowest BCUT2D eigenvalue weighted by Crippen LogP contribution is -2.28. The molecule has 1 unspecified atom stereocenters. The van der Waals surface area contributed by atoms with Crippen LogP contribution in [0, 0.1) is 6.92 Å². The van der Waals surface area contributed by atoms with Crippen LogP contribution in [-0.2, 0) is 6.42 Å². The van der Waals surface area contributed by atoms with E-state index in [-0.39, 0.29) is 0 Å². The van der Waals surface area contributed by atoms with E-state index in [0.29, 0.717) is 12.0 Å². The van der Waals surface area contributed by atoms with Crippen LogP contribution in [0.1, 0.15) is 36.5 Å². The van der Waals surface area contributed by atoms with E-state index in [2.05, 4.69) is 80.7 Å². The molecule has 0 spiro atoms. The summed E-state index contributed by atoms with van der Waals surface area (Å²) < 4.78 is 0. The van der Waals surface area contributed by atoms with Gasteiger partial charge in [0.15, 0.2) is 0 Å². The Morgan fingerprint density at radius 1 is 0.950 bits per heavy atom. The predicted molar refractivity (Wildman–Crippen MR) is 87.2 cm³/mol. The Morgan fingerprint density at radius 3 is 2.35 bits per heavy atom. The summed E-state index contributed by atoms with van der Waals surface area (Å²) in [5.74, 6) is 0.528. The molecule has 2 rings (SSSR count). The van der Waals surface area contributed by atoms with Crippen molar-refractivity contribution in [2.24, 2.45) is 0 Å². The van der Waals surface area contributed by atoms with Crippen molar-refractivity contribution in [3.8, 4) is 0 Å². The van der Waals surface area contributed by atoms with Crippen LogP contribution in [0.4, 0.5) is 0 Å². The molecule has 106 valence electrons. The molecule has 0 saturated carbocycles. The average molecular weight is 267 g/mol. The molecule has 1 nitrogen and oxygen atoms in total. The Kier molecular flexibility index (Phi) is 5.37. The SMILES string of the molecule is Cc1cccc(CC(CNC(C)C)c2ccccc2)c1. The number of hydrogen-bond acceptors (Lipinski definition) is 1. The van der Waals surface area contributed by atoms with Gasteiger partial charge in [-0.15, -0.1) is 0 Å². The highest BCUT2D eigenvalue weighted by Gasteiger charge is 2.12. The van der Waals surface area contributed by atoms with Gasteiger partial charge in [0.05, 0.1) is 0 Å². The third kappa shape index (κ3) is 4.50. The van der Waals surface area contributed by atoms with E-state index < -0.39 is 0 Å². The Balaban J connectivity index is 2.14. The van der Waals surface area contributed by atoms with Crippen LogP contribution in [0.2, 0.25) is 0 Å². The second-order valence-electron chi connectivity index (χ2n) is 5.86. The first-order chi connectivity index (χ1) is 9.65. The summed E-state index contributed by atoms with van der Waals surface area (Å²) in [7, 11) is 0. The topological polar surface area (TPSA) is 12.0 Å². The summed E-state index contributed by atoms with van der Waals surface area (Å²) in [4.78, 5) is 0. The molecular weight excluding hydrogens is 242 g/mol. The third-order valence-electron chi connectivity index (χ3n) is 3.61. The third-order valence-corrected chi connectivity index (χ3v) is 3.61. The molecule has 1 heteroatoms. The van der Waals surface area contributed by atoms with E-state index >= 15 is 0 Å². The Bertz CT molecular complexity index is 516. The van der Waals surface area contributed by atoms with E-state index in [4.69, 9.17) is 0 Å². The van der Waals surface area contributed by atoms with Crippen molar-refractivity contribution in [2.45, 2.75) is 39.2 Å². The first kappa shape index (κ1) is 14.8. The van der Waals surface area contributed by atoms with Crippen LogP contribution in [0.5, 0.6) is 0 Å². The molecule has 0 aliphatic heterocycles. The fourth-order valence-electron chi connectivity index (χ4n) is 2.53. The van der Waals surface area contributed by atoms with Crippen LogP contribution >= 0.6 is 0 Å². The summed E-state index contributed by atoms with van der Waals surface area (Å²) in [5.41, 5.74) is 4.18. The fraction of sp³-hybridized carbons (Fsp3) is 0.368. The van der Waals surface area contributed by atoms with Gasteiger partial charge in [-0.1, -0.05) is 74.0 Å². The van der Waals surface area contributed by atoms with Crippen molar-refractivity contribution >= 4 is 0 Å². The number of rotatable bonds is 6. The van der Waals surface area contributed by atoms with E-state index in [1.54, 1.807) is 0 Å². The highest BCUT2D eigenvalue weighted by Crippen LogP contribution is 2.21. The zero-order chi connectivity index (χ0) is 14.4. The normalized spacial score (nSPS) is 12.6. The minimum absolute atomic E-state index is 0.527. The van der Waals surface area contributed by atoms with Gasteiger partial charge in [-0.05, 0) is 24.5 Å². The van der Waals surface area contributed by atoms with Crippen LogP contribution in [-0.4, -0.2) is 12.6 Å². The molecule has 0 radical (unpaired) electrons. The zero-order valence-electron chi connectivity index (χ0n) is 12.8. The first-order valence-corrected chi connectivity index (χ1v) is 7.49. The molecule has 1 N–H and O–H groups in total. The molecule has 0 aliphatic carbocycles. The Morgan fingerprint density at radius 2 is 1.70 bits per heavy atom. The van der Waals surface area contributed by atoms with Gasteiger partial charge < -0.3 is 5.32 Å². The second kappa shape index (κ2) is 7.25. The molecule has 0 saturated heterocycles. The average Bonchev–Trinajstić information content (AvgIpc) is 2.44. The molecule has 2 aromatic rings. The Labute approximate surface area is 123 Å². The fourth-order valence-corrected chi connectivity index (χ4v) is 2.53. The van der Waals surface area contributed by atoms with E-state index in [1.807, 2.05) is 0 Å². The molecule has 0 aromatic heterocycles. The van der Waals surface area contributed by atoms with Crippen molar-refractivity contribution in [2.75, 3.05) is 6.54 Å². The van der Waals surface area contributed by atoms with Gasteiger partial charge in [0.25, 0.3) is 0 Å². The lowest BCUT2D eigenvalue weighted by molar-refractivity contribution is 0.527. The molecule has 0 amide bonds. The van der Waals surface area contributed by atoms with E-state index in [1.165, 1.54) is 16.7 Å². The van der Waals surface area contributed by atoms with Gasteiger partial charge in [0.2, 0.25) is 0 Å². The molecule has 0 heterocycles. The molecular formula is C19H25N. The van der Waals surface area contributed by atoms with Gasteiger partial charge in [-0.3, -0.25) is 0 Å². The highest BCUT2D eigenvalue weighted by molar-refractivity contribution is 5.27. The monoisotopic (exact) mass is 267 g/mol. The van der Waals surface area contributed by atoms with Gasteiger partial charge in [-0.25, -0.2) is 0 Å². The second-order valence-corrected chi connectivity index (χ2v) is 5.86. The first-order valence-electron chi connectivity index (χ1n) is 7.49. The zero-order valence-corrected chi connectivity index (χ0v) is 12.8. The number of aryl methyl sites for hydroxylation is 1. The van der Waals surface area contributed by atoms with Crippen molar-refractivity contribution in [3.63, 3.8) is 0 Å². The number of benzene rings is 2. The highest BCUT2D eigenvalue weighted by atomic mass is 14.9. The summed E-state index contributed by atoms with van der Waals surface area (Å²) in [6.45, 7) is 7.59. The minimum Gasteiger partial charge on any atom is -0.314 e. The number of hydrogen-bond donors (Lipinski definition) is 1. The molecule has 20 heavy (non-hydrogen) atoms. The minimum atomic E-state index is 0.527. The Hall–Kier alpha value is -1.60. The van der Waals surface area contributed by atoms with E-state index in [0.717, 1.165) is 13.0 Å².